The lowest BCUT2D eigenvalue weighted by atomic mass is 9.94. The van der Waals surface area contributed by atoms with Crippen LogP contribution >= 0.6 is 0 Å². The molecule has 2 aliphatic rings. The minimum atomic E-state index is 0.115. The van der Waals surface area contributed by atoms with E-state index >= 15 is 0 Å². The summed E-state index contributed by atoms with van der Waals surface area (Å²) in [6, 6.07) is 13.9. The number of carbonyl (C=O) groups is 1. The van der Waals surface area contributed by atoms with Gasteiger partial charge in [-0.05, 0) is 24.3 Å². The van der Waals surface area contributed by atoms with Crippen molar-refractivity contribution in [1.29, 1.82) is 0 Å². The molecule has 2 aromatic rings. The van der Waals surface area contributed by atoms with Crippen LogP contribution < -0.4 is 4.90 Å². The Morgan fingerprint density at radius 1 is 1.04 bits per heavy atom. The second-order valence-electron chi connectivity index (χ2n) is 6.28. The summed E-state index contributed by atoms with van der Waals surface area (Å²) in [5.41, 5.74) is 2.88. The van der Waals surface area contributed by atoms with Gasteiger partial charge in [-0.1, -0.05) is 18.2 Å². The van der Waals surface area contributed by atoms with Gasteiger partial charge in [0.1, 0.15) is 0 Å². The Morgan fingerprint density at radius 3 is 2.54 bits per heavy atom. The van der Waals surface area contributed by atoms with Crippen molar-refractivity contribution in [2.75, 3.05) is 44.3 Å². The van der Waals surface area contributed by atoms with E-state index in [0.717, 1.165) is 43.1 Å². The normalized spacial score (nSPS) is 18.3. The van der Waals surface area contributed by atoms with Crippen molar-refractivity contribution in [3.8, 4) is 0 Å². The first kappa shape index (κ1) is 15.1. The largest absolute Gasteiger partial charge is 0.378 e. The average Bonchev–Trinajstić information content (AvgIpc) is 2.62. The second kappa shape index (κ2) is 6.61. The number of nitrogens with zero attached hydrogens (tertiary/aromatic N) is 3. The van der Waals surface area contributed by atoms with E-state index in [9.17, 15) is 4.79 Å². The predicted molar refractivity (Wildman–Crippen MR) is 92.4 cm³/mol. The third-order valence-corrected chi connectivity index (χ3v) is 4.76. The number of benzene rings is 1. The molecule has 1 aromatic carbocycles. The zero-order valence-corrected chi connectivity index (χ0v) is 13.6. The SMILES string of the molecule is O=C(c1ccccc1N1CCOCC1)N1CC(c2ccccn2)C1. The molecule has 0 atom stereocenters. The Kier molecular flexibility index (Phi) is 4.17. The van der Waals surface area contributed by atoms with Gasteiger partial charge in [-0.3, -0.25) is 9.78 Å². The van der Waals surface area contributed by atoms with Crippen LogP contribution in [0.1, 0.15) is 22.0 Å². The fourth-order valence-electron chi connectivity index (χ4n) is 3.35. The first-order valence-corrected chi connectivity index (χ1v) is 8.45. The molecule has 2 fully saturated rings. The smallest absolute Gasteiger partial charge is 0.256 e. The fraction of sp³-hybridized carbons (Fsp3) is 0.368. The van der Waals surface area contributed by atoms with Crippen molar-refractivity contribution in [1.82, 2.24) is 9.88 Å². The molecular weight excluding hydrogens is 302 g/mol. The minimum absolute atomic E-state index is 0.115. The van der Waals surface area contributed by atoms with Gasteiger partial charge in [0.05, 0.1) is 18.8 Å². The quantitative estimate of drug-likeness (QED) is 0.868. The Bertz CT molecular complexity index is 708. The highest BCUT2D eigenvalue weighted by atomic mass is 16.5. The summed E-state index contributed by atoms with van der Waals surface area (Å²) in [5, 5.41) is 0. The maximum absolute atomic E-state index is 12.9. The van der Waals surface area contributed by atoms with Crippen LogP contribution in [0.2, 0.25) is 0 Å². The van der Waals surface area contributed by atoms with E-state index < -0.39 is 0 Å². The number of likely N-dealkylation sites (tertiary alicyclic amines) is 1. The number of hydrogen-bond acceptors (Lipinski definition) is 4. The van der Waals surface area contributed by atoms with E-state index in [-0.39, 0.29) is 5.91 Å². The molecule has 0 spiro atoms. The van der Waals surface area contributed by atoms with E-state index in [0.29, 0.717) is 19.1 Å². The Hall–Kier alpha value is -2.40. The van der Waals surface area contributed by atoms with Gasteiger partial charge in [0, 0.05) is 49.7 Å². The lowest BCUT2D eigenvalue weighted by Gasteiger charge is -2.40. The number of pyridine rings is 1. The van der Waals surface area contributed by atoms with Crippen LogP contribution in [-0.4, -0.2) is 55.2 Å². The first-order valence-electron chi connectivity index (χ1n) is 8.45. The highest BCUT2D eigenvalue weighted by Crippen LogP contribution is 2.30. The first-order chi connectivity index (χ1) is 11.8. The molecule has 0 aliphatic carbocycles. The number of rotatable bonds is 3. The summed E-state index contributed by atoms with van der Waals surface area (Å²) in [5.74, 6) is 0.468. The van der Waals surface area contributed by atoms with Crippen LogP contribution in [0.3, 0.4) is 0 Å². The number of aromatic nitrogens is 1. The van der Waals surface area contributed by atoms with Gasteiger partial charge in [-0.2, -0.15) is 0 Å². The van der Waals surface area contributed by atoms with Crippen molar-refractivity contribution >= 4 is 11.6 Å². The van der Waals surface area contributed by atoms with Gasteiger partial charge < -0.3 is 14.5 Å². The lowest BCUT2D eigenvalue weighted by molar-refractivity contribution is 0.0598. The zero-order valence-electron chi connectivity index (χ0n) is 13.6. The maximum atomic E-state index is 12.9. The van der Waals surface area contributed by atoms with Crippen LogP contribution in [-0.2, 0) is 4.74 Å². The van der Waals surface area contributed by atoms with Gasteiger partial charge in [0.25, 0.3) is 5.91 Å². The molecule has 0 unspecified atom stereocenters. The highest BCUT2D eigenvalue weighted by Gasteiger charge is 2.34. The van der Waals surface area contributed by atoms with Crippen LogP contribution in [0.5, 0.6) is 0 Å². The number of morpholine rings is 1. The summed E-state index contributed by atoms with van der Waals surface area (Å²) in [7, 11) is 0. The molecule has 0 N–H and O–H groups in total. The van der Waals surface area contributed by atoms with Crippen LogP contribution in [0.15, 0.2) is 48.7 Å². The number of anilines is 1. The molecule has 0 radical (unpaired) electrons. The summed E-state index contributed by atoms with van der Waals surface area (Å²) in [6.45, 7) is 4.59. The molecule has 4 rings (SSSR count). The standard InChI is InChI=1S/C19H21N3O2/c23-19(22-13-15(14-22)17-6-3-4-8-20-17)16-5-1-2-7-18(16)21-9-11-24-12-10-21/h1-8,15H,9-14H2. The zero-order chi connectivity index (χ0) is 16.4. The van der Waals surface area contributed by atoms with E-state index in [2.05, 4.69) is 9.88 Å². The molecular formula is C19H21N3O2. The molecule has 2 saturated heterocycles. The number of carbonyl (C=O) groups excluding carboxylic acids is 1. The predicted octanol–water partition coefficient (Wildman–Crippen LogP) is 2.16. The topological polar surface area (TPSA) is 45.7 Å². The summed E-state index contributed by atoms with van der Waals surface area (Å²) in [6.07, 6.45) is 1.81. The number of amides is 1. The molecule has 1 aromatic heterocycles. The molecule has 0 bridgehead atoms. The Labute approximate surface area is 141 Å². The van der Waals surface area contributed by atoms with E-state index in [1.54, 1.807) is 0 Å². The summed E-state index contributed by atoms with van der Waals surface area (Å²) < 4.78 is 5.42. The van der Waals surface area contributed by atoms with Gasteiger partial charge >= 0.3 is 0 Å². The number of hydrogen-bond donors (Lipinski definition) is 0. The molecule has 2 aliphatic heterocycles. The lowest BCUT2D eigenvalue weighted by Crippen LogP contribution is -2.49. The van der Waals surface area contributed by atoms with Crippen molar-refractivity contribution in [3.63, 3.8) is 0 Å². The van der Waals surface area contributed by atoms with Gasteiger partial charge in [-0.25, -0.2) is 0 Å². The molecule has 3 heterocycles. The van der Waals surface area contributed by atoms with Gasteiger partial charge in [0.15, 0.2) is 0 Å². The minimum Gasteiger partial charge on any atom is -0.378 e. The molecule has 5 heteroatoms. The van der Waals surface area contributed by atoms with Crippen molar-refractivity contribution < 1.29 is 9.53 Å². The molecule has 24 heavy (non-hydrogen) atoms. The summed E-state index contributed by atoms with van der Waals surface area (Å²) in [4.78, 5) is 21.5. The van der Waals surface area contributed by atoms with Crippen LogP contribution in [0, 0.1) is 0 Å². The second-order valence-corrected chi connectivity index (χ2v) is 6.28. The monoisotopic (exact) mass is 323 g/mol. The fourth-order valence-corrected chi connectivity index (χ4v) is 3.35. The van der Waals surface area contributed by atoms with Gasteiger partial charge in [-0.15, -0.1) is 0 Å². The Balaban J connectivity index is 1.48. The number of para-hydroxylation sites is 1. The highest BCUT2D eigenvalue weighted by molar-refractivity contribution is 6.00. The summed E-state index contributed by atoms with van der Waals surface area (Å²) >= 11 is 0. The third kappa shape index (κ3) is 2.87. The van der Waals surface area contributed by atoms with E-state index in [4.69, 9.17) is 4.74 Å². The van der Waals surface area contributed by atoms with E-state index in [1.165, 1.54) is 0 Å². The average molecular weight is 323 g/mol. The third-order valence-electron chi connectivity index (χ3n) is 4.76. The molecule has 5 nitrogen and oxygen atoms in total. The van der Waals surface area contributed by atoms with Crippen molar-refractivity contribution in [3.05, 3.63) is 59.9 Å². The van der Waals surface area contributed by atoms with Gasteiger partial charge in [0.2, 0.25) is 0 Å². The van der Waals surface area contributed by atoms with E-state index in [1.807, 2.05) is 53.6 Å². The molecule has 0 saturated carbocycles. The van der Waals surface area contributed by atoms with Crippen molar-refractivity contribution in [2.45, 2.75) is 5.92 Å². The van der Waals surface area contributed by atoms with Crippen molar-refractivity contribution in [2.24, 2.45) is 0 Å². The molecule has 124 valence electrons. The maximum Gasteiger partial charge on any atom is 0.256 e. The Morgan fingerprint density at radius 2 is 1.79 bits per heavy atom. The number of ether oxygens (including phenoxy) is 1. The van der Waals surface area contributed by atoms with Crippen LogP contribution in [0.4, 0.5) is 5.69 Å². The molecule has 1 amide bonds. The van der Waals surface area contributed by atoms with Crippen LogP contribution in [0.25, 0.3) is 0 Å².